The van der Waals surface area contributed by atoms with Gasteiger partial charge in [-0.05, 0) is 12.8 Å². The summed E-state index contributed by atoms with van der Waals surface area (Å²) in [5.41, 5.74) is 0. The summed E-state index contributed by atoms with van der Waals surface area (Å²) >= 11 is 1.92. The van der Waals surface area contributed by atoms with Crippen LogP contribution in [0.2, 0.25) is 5.09 Å². The molecule has 1 rings (SSSR count). The number of hydrogen-bond acceptors (Lipinski definition) is 6. The number of rotatable bonds is 16. The second-order valence-corrected chi connectivity index (χ2v) is 10.6. The third-order valence-electron chi connectivity index (χ3n) is 5.32. The van der Waals surface area contributed by atoms with Crippen molar-refractivity contribution in [3.63, 3.8) is 0 Å². The Morgan fingerprint density at radius 1 is 1.33 bits per heavy atom. The number of aliphatic hydroxyl groups is 1. The van der Waals surface area contributed by atoms with Crippen LogP contribution in [-0.4, -0.2) is 89.6 Å². The van der Waals surface area contributed by atoms with Gasteiger partial charge in [-0.25, -0.2) is 0 Å². The molecule has 3 atom stereocenters. The topological polar surface area (TPSA) is 116 Å². The number of likely N-dealkylation sites (tertiary alicyclic amines) is 1. The van der Waals surface area contributed by atoms with E-state index < -0.39 is 7.34 Å². The van der Waals surface area contributed by atoms with Gasteiger partial charge in [-0.3, -0.25) is 0 Å². The molecule has 0 spiro atoms. The summed E-state index contributed by atoms with van der Waals surface area (Å²) < 4.78 is 5.28. The van der Waals surface area contributed by atoms with Crippen molar-refractivity contribution in [2.75, 3.05) is 33.0 Å². The molecular weight excluding hydrogens is 402 g/mol. The number of carbonyl (C=O) groups is 3. The second kappa shape index (κ2) is 14.4. The molecule has 0 aromatic rings. The SMILES string of the molecule is [Li][CH2]C1CC(=O)N(CCCCCC(=O)NCCCCC(CO)COP(=C)(C)O)C1=O. The van der Waals surface area contributed by atoms with Gasteiger partial charge in [0.25, 0.3) is 0 Å². The Morgan fingerprint density at radius 2 is 2.07 bits per heavy atom. The maximum absolute atomic E-state index is 12.0. The van der Waals surface area contributed by atoms with E-state index >= 15 is 0 Å². The van der Waals surface area contributed by atoms with Crippen LogP contribution in [0.1, 0.15) is 51.4 Å². The molecule has 0 aliphatic carbocycles. The molecule has 0 aromatic carbocycles. The van der Waals surface area contributed by atoms with Crippen molar-refractivity contribution in [2.45, 2.75) is 56.5 Å². The van der Waals surface area contributed by atoms with E-state index in [1.165, 1.54) is 4.90 Å². The molecule has 1 heterocycles. The molecule has 0 bridgehead atoms. The Bertz CT molecular complexity index is 612. The van der Waals surface area contributed by atoms with Crippen LogP contribution >= 0.6 is 7.34 Å². The molecule has 0 radical (unpaired) electrons. The zero-order valence-corrected chi connectivity index (χ0v) is 19.4. The number of nitrogens with one attached hydrogen (secondary N) is 1. The molecule has 1 saturated heterocycles. The predicted octanol–water partition coefficient (Wildman–Crippen LogP) is 1.32. The van der Waals surface area contributed by atoms with Gasteiger partial charge in [0, 0.05) is 19.2 Å². The fourth-order valence-corrected chi connectivity index (χ4v) is 3.94. The number of unbranched alkanes of at least 4 members (excludes halogenated alkanes) is 3. The first-order valence-electron chi connectivity index (χ1n) is 11.0. The van der Waals surface area contributed by atoms with Crippen molar-refractivity contribution in [1.82, 2.24) is 10.2 Å². The average molecular weight is 438 g/mol. The maximum atomic E-state index is 12.0. The van der Waals surface area contributed by atoms with Crippen molar-refractivity contribution < 1.29 is 28.9 Å². The molecule has 30 heavy (non-hydrogen) atoms. The van der Waals surface area contributed by atoms with Crippen LogP contribution in [0.4, 0.5) is 0 Å². The average Bonchev–Trinajstić information content (AvgIpc) is 2.96. The Balaban J connectivity index is 2.04. The van der Waals surface area contributed by atoms with E-state index in [-0.39, 0.29) is 36.2 Å². The molecule has 8 nitrogen and oxygen atoms in total. The first-order chi connectivity index (χ1) is 14.2. The molecule has 168 valence electrons. The number of nitrogens with zero attached hydrogens (tertiary/aromatic N) is 1. The molecule has 0 aromatic heterocycles. The van der Waals surface area contributed by atoms with Gasteiger partial charge >= 0.3 is 116 Å². The van der Waals surface area contributed by atoms with Crippen LogP contribution in [0, 0.1) is 11.8 Å². The summed E-state index contributed by atoms with van der Waals surface area (Å²) in [6.45, 7) is 2.90. The van der Waals surface area contributed by atoms with Gasteiger partial charge in [0.2, 0.25) is 0 Å². The molecule has 3 amide bonds. The summed E-state index contributed by atoms with van der Waals surface area (Å²) in [4.78, 5) is 46.7. The molecule has 1 aliphatic rings. The van der Waals surface area contributed by atoms with Gasteiger partial charge in [0.1, 0.15) is 7.34 Å². The molecular formula is C20H36LiN2O6P. The van der Waals surface area contributed by atoms with Crippen LogP contribution in [0.3, 0.4) is 0 Å². The third-order valence-corrected chi connectivity index (χ3v) is 6.03. The van der Waals surface area contributed by atoms with Crippen molar-refractivity contribution in [3.8, 4) is 0 Å². The van der Waals surface area contributed by atoms with E-state index in [1.807, 2.05) is 17.7 Å². The monoisotopic (exact) mass is 438 g/mol. The summed E-state index contributed by atoms with van der Waals surface area (Å²) in [7, 11) is -2.53. The van der Waals surface area contributed by atoms with E-state index in [1.54, 1.807) is 6.66 Å². The van der Waals surface area contributed by atoms with Gasteiger partial charge in [-0.2, -0.15) is 0 Å². The van der Waals surface area contributed by atoms with E-state index in [9.17, 15) is 24.4 Å². The van der Waals surface area contributed by atoms with E-state index in [0.29, 0.717) is 37.6 Å². The normalized spacial score (nSPS) is 19.8. The van der Waals surface area contributed by atoms with E-state index in [4.69, 9.17) is 4.52 Å². The third kappa shape index (κ3) is 11.1. The van der Waals surface area contributed by atoms with Gasteiger partial charge in [-0.1, -0.05) is 12.7 Å². The van der Waals surface area contributed by atoms with Gasteiger partial charge in [-0.15, -0.1) is 0 Å². The second-order valence-electron chi connectivity index (χ2n) is 8.24. The van der Waals surface area contributed by atoms with Crippen LogP contribution in [0.5, 0.6) is 0 Å². The number of hydrogen-bond donors (Lipinski definition) is 3. The first kappa shape index (κ1) is 27.4. The van der Waals surface area contributed by atoms with Crippen molar-refractivity contribution in [1.29, 1.82) is 0 Å². The summed E-state index contributed by atoms with van der Waals surface area (Å²) in [6.07, 6.45) is 9.03. The quantitative estimate of drug-likeness (QED) is 0.145. The number of imide groups is 1. The number of amides is 3. The van der Waals surface area contributed by atoms with Crippen molar-refractivity contribution in [3.05, 3.63) is 0 Å². The Morgan fingerprint density at radius 3 is 2.67 bits per heavy atom. The van der Waals surface area contributed by atoms with Crippen molar-refractivity contribution in [2.24, 2.45) is 11.8 Å². The zero-order chi connectivity index (χ0) is 22.6. The van der Waals surface area contributed by atoms with Crippen LogP contribution in [0.15, 0.2) is 0 Å². The molecule has 3 N–H and O–H groups in total. The van der Waals surface area contributed by atoms with E-state index in [2.05, 4.69) is 11.6 Å². The summed E-state index contributed by atoms with van der Waals surface area (Å²) in [6, 6.07) is 0. The summed E-state index contributed by atoms with van der Waals surface area (Å²) in [5, 5.41) is 13.0. The first-order valence-corrected chi connectivity index (χ1v) is 13.3. The van der Waals surface area contributed by atoms with Crippen LogP contribution in [-0.2, 0) is 18.9 Å². The Kier molecular flexibility index (Phi) is 13.2. The minimum atomic E-state index is -2.53. The van der Waals surface area contributed by atoms with Gasteiger partial charge < -0.3 is 14.5 Å². The fraction of sp³-hybridized carbons (Fsp3) is 0.800. The minimum absolute atomic E-state index is 0.0000819. The van der Waals surface area contributed by atoms with Gasteiger partial charge in [0.15, 0.2) is 0 Å². The fourth-order valence-electron chi connectivity index (χ4n) is 3.41. The molecule has 1 fully saturated rings. The van der Waals surface area contributed by atoms with Crippen LogP contribution < -0.4 is 5.32 Å². The standard InChI is InChI=1S/C20H36N2O6P.Li/c1-16-13-19(25)22(20(16)26)12-8-4-5-10-18(24)21-11-7-6-9-17(14-23)15-28-29(2,3)27;/h16-17,23,27H,1-2,4-15H2,3H3,(H,21,24);. The molecule has 1 aliphatic heterocycles. The number of aliphatic hydroxyl groups excluding tert-OH is 1. The van der Waals surface area contributed by atoms with E-state index in [0.717, 1.165) is 38.5 Å². The molecule has 10 heteroatoms. The predicted molar refractivity (Wildman–Crippen MR) is 119 cm³/mol. The Labute approximate surface area is 189 Å². The molecule has 0 saturated carbocycles. The van der Waals surface area contributed by atoms with Crippen molar-refractivity contribution >= 4 is 49.1 Å². The summed E-state index contributed by atoms with van der Waals surface area (Å²) in [5.74, 6) is -0.291. The zero-order valence-electron chi connectivity index (χ0n) is 18.5. The van der Waals surface area contributed by atoms with Crippen LogP contribution in [0.25, 0.3) is 0 Å². The number of carbonyl (C=O) groups excluding carboxylic acids is 3. The van der Waals surface area contributed by atoms with Gasteiger partial charge in [0.05, 0.1) is 6.61 Å². The molecule has 3 unspecified atom stereocenters. The Hall–Kier alpha value is -0.613.